The second-order valence-electron chi connectivity index (χ2n) is 3.77. The molecule has 0 bridgehead atoms. The molecule has 1 aromatic rings. The summed E-state index contributed by atoms with van der Waals surface area (Å²) in [6.45, 7) is 0. The van der Waals surface area contributed by atoms with E-state index in [9.17, 15) is 4.79 Å². The molecule has 16 heavy (non-hydrogen) atoms. The van der Waals surface area contributed by atoms with Crippen molar-refractivity contribution in [1.82, 2.24) is 0 Å². The first kappa shape index (κ1) is 10.7. The Morgan fingerprint density at radius 2 is 2.00 bits per heavy atom. The Labute approximate surface area is 95.2 Å². The van der Waals surface area contributed by atoms with Crippen LogP contribution in [0, 0.1) is 0 Å². The predicted molar refractivity (Wildman–Crippen MR) is 63.4 cm³/mol. The number of esters is 1. The number of hydrogen-bond acceptors (Lipinski definition) is 2. The van der Waals surface area contributed by atoms with Crippen molar-refractivity contribution in [3.05, 3.63) is 59.7 Å². The molecule has 0 saturated carbocycles. The molecule has 2 nitrogen and oxygen atoms in total. The summed E-state index contributed by atoms with van der Waals surface area (Å²) in [7, 11) is 1.39. The van der Waals surface area contributed by atoms with Crippen LogP contribution >= 0.6 is 0 Å². The Hall–Kier alpha value is -1.83. The van der Waals surface area contributed by atoms with E-state index in [4.69, 9.17) is 0 Å². The SMILES string of the molecule is COC(=O)c1ccc(C2C=CC=CC2)cc1. The molecule has 0 spiro atoms. The van der Waals surface area contributed by atoms with Crippen LogP contribution in [0.2, 0.25) is 0 Å². The Morgan fingerprint density at radius 1 is 1.25 bits per heavy atom. The van der Waals surface area contributed by atoms with Crippen molar-refractivity contribution in [1.29, 1.82) is 0 Å². The molecular formula is C14H14O2. The molecule has 2 rings (SSSR count). The highest BCUT2D eigenvalue weighted by atomic mass is 16.5. The summed E-state index contributed by atoms with van der Waals surface area (Å²) in [5.74, 6) is 0.141. The molecule has 0 heterocycles. The summed E-state index contributed by atoms with van der Waals surface area (Å²) >= 11 is 0. The topological polar surface area (TPSA) is 26.3 Å². The number of ether oxygens (including phenoxy) is 1. The maximum absolute atomic E-state index is 11.3. The molecule has 2 heteroatoms. The largest absolute Gasteiger partial charge is 0.465 e. The highest BCUT2D eigenvalue weighted by Gasteiger charge is 2.10. The Balaban J connectivity index is 2.16. The average molecular weight is 214 g/mol. The van der Waals surface area contributed by atoms with E-state index in [1.165, 1.54) is 12.7 Å². The van der Waals surface area contributed by atoms with Gasteiger partial charge in [0.25, 0.3) is 0 Å². The van der Waals surface area contributed by atoms with Crippen LogP contribution in [-0.4, -0.2) is 13.1 Å². The van der Waals surface area contributed by atoms with Crippen molar-refractivity contribution in [2.45, 2.75) is 12.3 Å². The van der Waals surface area contributed by atoms with E-state index >= 15 is 0 Å². The summed E-state index contributed by atoms with van der Waals surface area (Å²) < 4.78 is 4.66. The second-order valence-corrected chi connectivity index (χ2v) is 3.77. The van der Waals surface area contributed by atoms with Crippen molar-refractivity contribution in [2.24, 2.45) is 0 Å². The molecule has 0 aliphatic heterocycles. The minimum Gasteiger partial charge on any atom is -0.465 e. The van der Waals surface area contributed by atoms with Crippen LogP contribution in [0.1, 0.15) is 28.3 Å². The van der Waals surface area contributed by atoms with Gasteiger partial charge in [0.15, 0.2) is 0 Å². The number of allylic oxidation sites excluding steroid dienone is 4. The lowest BCUT2D eigenvalue weighted by Crippen LogP contribution is -2.02. The summed E-state index contributed by atoms with van der Waals surface area (Å²) in [6.07, 6.45) is 9.46. The number of methoxy groups -OCH3 is 1. The van der Waals surface area contributed by atoms with Gasteiger partial charge in [-0.2, -0.15) is 0 Å². The van der Waals surface area contributed by atoms with Crippen LogP contribution < -0.4 is 0 Å². The van der Waals surface area contributed by atoms with Gasteiger partial charge >= 0.3 is 5.97 Å². The predicted octanol–water partition coefficient (Wildman–Crippen LogP) is 3.07. The van der Waals surface area contributed by atoms with Gasteiger partial charge in [0.1, 0.15) is 0 Å². The highest BCUT2D eigenvalue weighted by molar-refractivity contribution is 5.89. The smallest absolute Gasteiger partial charge is 0.337 e. The molecule has 1 aliphatic rings. The highest BCUT2D eigenvalue weighted by Crippen LogP contribution is 2.24. The normalized spacial score (nSPS) is 18.4. The molecule has 82 valence electrons. The van der Waals surface area contributed by atoms with Crippen molar-refractivity contribution in [3.8, 4) is 0 Å². The number of carbonyl (C=O) groups excluding carboxylic acids is 1. The molecule has 0 fully saturated rings. The Morgan fingerprint density at radius 3 is 2.56 bits per heavy atom. The molecule has 0 aromatic heterocycles. The molecule has 0 saturated heterocycles. The molecule has 0 radical (unpaired) electrons. The summed E-state index contributed by atoms with van der Waals surface area (Å²) in [5, 5.41) is 0. The van der Waals surface area contributed by atoms with E-state index in [0.717, 1.165) is 6.42 Å². The maximum atomic E-state index is 11.3. The van der Waals surface area contributed by atoms with Crippen LogP contribution in [0.25, 0.3) is 0 Å². The third-order valence-electron chi connectivity index (χ3n) is 2.74. The van der Waals surface area contributed by atoms with E-state index < -0.39 is 0 Å². The average Bonchev–Trinajstić information content (AvgIpc) is 2.39. The Bertz CT molecular complexity index is 427. The van der Waals surface area contributed by atoms with Gasteiger partial charge in [-0.1, -0.05) is 36.4 Å². The summed E-state index contributed by atoms with van der Waals surface area (Å²) in [4.78, 5) is 11.3. The number of benzene rings is 1. The second kappa shape index (κ2) is 4.79. The van der Waals surface area contributed by atoms with Crippen LogP contribution in [0.15, 0.2) is 48.6 Å². The fourth-order valence-electron chi connectivity index (χ4n) is 1.81. The van der Waals surface area contributed by atoms with Gasteiger partial charge in [-0.25, -0.2) is 4.79 Å². The molecule has 0 amide bonds. The number of hydrogen-bond donors (Lipinski definition) is 0. The number of rotatable bonds is 2. The van der Waals surface area contributed by atoms with Gasteiger partial charge in [-0.3, -0.25) is 0 Å². The molecule has 1 aliphatic carbocycles. The minimum atomic E-state index is -0.286. The zero-order chi connectivity index (χ0) is 11.4. The van der Waals surface area contributed by atoms with Gasteiger partial charge in [0.05, 0.1) is 12.7 Å². The molecule has 1 aromatic carbocycles. The van der Waals surface area contributed by atoms with E-state index in [1.807, 2.05) is 24.3 Å². The van der Waals surface area contributed by atoms with Gasteiger partial charge in [-0.15, -0.1) is 0 Å². The van der Waals surface area contributed by atoms with Gasteiger partial charge in [0.2, 0.25) is 0 Å². The third kappa shape index (κ3) is 2.22. The first-order valence-corrected chi connectivity index (χ1v) is 5.33. The summed E-state index contributed by atoms with van der Waals surface area (Å²) in [6, 6.07) is 7.60. The quantitative estimate of drug-likeness (QED) is 0.707. The van der Waals surface area contributed by atoms with Gasteiger partial charge in [0, 0.05) is 5.92 Å². The fourth-order valence-corrected chi connectivity index (χ4v) is 1.81. The van der Waals surface area contributed by atoms with Gasteiger partial charge < -0.3 is 4.74 Å². The van der Waals surface area contributed by atoms with E-state index in [2.05, 4.69) is 29.0 Å². The van der Waals surface area contributed by atoms with Crippen LogP contribution in [-0.2, 0) is 4.74 Å². The van der Waals surface area contributed by atoms with E-state index in [0.29, 0.717) is 11.5 Å². The van der Waals surface area contributed by atoms with E-state index in [1.54, 1.807) is 0 Å². The number of carbonyl (C=O) groups is 1. The monoisotopic (exact) mass is 214 g/mol. The third-order valence-corrected chi connectivity index (χ3v) is 2.74. The molecular weight excluding hydrogens is 200 g/mol. The first-order valence-electron chi connectivity index (χ1n) is 5.33. The first-order chi connectivity index (χ1) is 7.81. The maximum Gasteiger partial charge on any atom is 0.337 e. The zero-order valence-corrected chi connectivity index (χ0v) is 9.22. The zero-order valence-electron chi connectivity index (χ0n) is 9.22. The van der Waals surface area contributed by atoms with Crippen LogP contribution in [0.4, 0.5) is 0 Å². The van der Waals surface area contributed by atoms with Crippen molar-refractivity contribution in [2.75, 3.05) is 7.11 Å². The van der Waals surface area contributed by atoms with Gasteiger partial charge in [-0.05, 0) is 24.1 Å². The Kier molecular flexibility index (Phi) is 3.20. The molecule has 1 unspecified atom stereocenters. The summed E-state index contributed by atoms with van der Waals surface area (Å²) in [5.41, 5.74) is 1.83. The standard InChI is InChI=1S/C14H14O2/c1-16-14(15)13-9-7-12(8-10-13)11-5-3-2-4-6-11/h2-5,7-11H,6H2,1H3. The van der Waals surface area contributed by atoms with Crippen LogP contribution in [0.5, 0.6) is 0 Å². The van der Waals surface area contributed by atoms with Crippen molar-refractivity contribution >= 4 is 5.97 Å². The van der Waals surface area contributed by atoms with Crippen molar-refractivity contribution in [3.63, 3.8) is 0 Å². The lowest BCUT2D eigenvalue weighted by molar-refractivity contribution is 0.0600. The van der Waals surface area contributed by atoms with E-state index in [-0.39, 0.29) is 5.97 Å². The lowest BCUT2D eigenvalue weighted by Gasteiger charge is -2.13. The van der Waals surface area contributed by atoms with Crippen molar-refractivity contribution < 1.29 is 9.53 Å². The lowest BCUT2D eigenvalue weighted by atomic mass is 9.92. The van der Waals surface area contributed by atoms with Crippen LogP contribution in [0.3, 0.4) is 0 Å². The fraction of sp³-hybridized carbons (Fsp3) is 0.214. The molecule has 0 N–H and O–H groups in total. The minimum absolute atomic E-state index is 0.286. The molecule has 1 atom stereocenters.